The van der Waals surface area contributed by atoms with Crippen LogP contribution in [-0.4, -0.2) is 19.0 Å². The van der Waals surface area contributed by atoms with E-state index in [0.29, 0.717) is 5.02 Å². The van der Waals surface area contributed by atoms with Gasteiger partial charge in [-0.1, -0.05) is 29.3 Å². The van der Waals surface area contributed by atoms with Gasteiger partial charge in [-0.3, -0.25) is 4.79 Å². The summed E-state index contributed by atoms with van der Waals surface area (Å²) in [5, 5.41) is 6.76. The normalized spacial score (nSPS) is 14.5. The van der Waals surface area contributed by atoms with Crippen LogP contribution in [0.25, 0.3) is 0 Å². The molecule has 0 aliphatic heterocycles. The third-order valence-corrected chi connectivity index (χ3v) is 4.03. The van der Waals surface area contributed by atoms with Crippen LogP contribution in [0.3, 0.4) is 0 Å². The zero-order chi connectivity index (χ0) is 15.1. The third-order valence-electron chi connectivity index (χ3n) is 3.79. The van der Waals surface area contributed by atoms with E-state index < -0.39 is 0 Å². The summed E-state index contributed by atoms with van der Waals surface area (Å²) < 4.78 is 0. The van der Waals surface area contributed by atoms with Crippen LogP contribution in [0.4, 0.5) is 5.69 Å². The van der Waals surface area contributed by atoms with Crippen molar-refractivity contribution in [3.63, 3.8) is 0 Å². The number of hydrogen-bond acceptors (Lipinski definition) is 2. The van der Waals surface area contributed by atoms with Crippen molar-refractivity contribution in [3.8, 4) is 0 Å². The van der Waals surface area contributed by atoms with Gasteiger partial charge < -0.3 is 10.6 Å². The standard InChI is InChI=1S/C17H23ClN2O/c1-13-7-8-15(18)11-16(13)20-12-17(21)19-10-9-14-5-3-2-4-6-14/h5,7-8,11,20H,2-4,6,9-10,12H2,1H3,(H,19,21). The lowest BCUT2D eigenvalue weighted by Crippen LogP contribution is -2.31. The molecular formula is C17H23ClN2O. The molecule has 1 aromatic rings. The average molecular weight is 307 g/mol. The fourth-order valence-corrected chi connectivity index (χ4v) is 2.69. The van der Waals surface area contributed by atoms with Gasteiger partial charge in [-0.25, -0.2) is 0 Å². The number of rotatable bonds is 6. The third kappa shape index (κ3) is 5.43. The highest BCUT2D eigenvalue weighted by atomic mass is 35.5. The molecule has 2 N–H and O–H groups in total. The smallest absolute Gasteiger partial charge is 0.239 e. The van der Waals surface area contributed by atoms with Gasteiger partial charge in [0.1, 0.15) is 0 Å². The SMILES string of the molecule is Cc1ccc(Cl)cc1NCC(=O)NCCC1=CCCCC1. The van der Waals surface area contributed by atoms with Crippen molar-refractivity contribution in [2.45, 2.75) is 39.0 Å². The lowest BCUT2D eigenvalue weighted by atomic mass is 9.97. The second-order valence-corrected chi connectivity index (χ2v) is 5.96. The second kappa shape index (κ2) is 8.08. The molecule has 3 nitrogen and oxygen atoms in total. The fourth-order valence-electron chi connectivity index (χ4n) is 2.52. The molecular weight excluding hydrogens is 284 g/mol. The van der Waals surface area contributed by atoms with E-state index in [1.807, 2.05) is 25.1 Å². The van der Waals surface area contributed by atoms with Crippen LogP contribution in [0.2, 0.25) is 5.02 Å². The number of benzene rings is 1. The summed E-state index contributed by atoms with van der Waals surface area (Å²) in [6, 6.07) is 5.63. The summed E-state index contributed by atoms with van der Waals surface area (Å²) in [6.45, 7) is 2.99. The highest BCUT2D eigenvalue weighted by Gasteiger charge is 2.06. The van der Waals surface area contributed by atoms with Crippen LogP contribution in [0, 0.1) is 6.92 Å². The number of allylic oxidation sites excluding steroid dienone is 1. The number of aryl methyl sites for hydroxylation is 1. The minimum absolute atomic E-state index is 0.0192. The molecule has 0 aromatic heterocycles. The van der Waals surface area contributed by atoms with Crippen molar-refractivity contribution >= 4 is 23.2 Å². The van der Waals surface area contributed by atoms with E-state index in [1.54, 1.807) is 0 Å². The lowest BCUT2D eigenvalue weighted by Gasteiger charge is -2.13. The largest absolute Gasteiger partial charge is 0.376 e. The molecule has 1 aliphatic carbocycles. The molecule has 0 unspecified atom stereocenters. The summed E-state index contributed by atoms with van der Waals surface area (Å²) in [5.74, 6) is 0.0192. The summed E-state index contributed by atoms with van der Waals surface area (Å²) in [7, 11) is 0. The average Bonchev–Trinajstić information content (AvgIpc) is 2.49. The molecule has 1 amide bonds. The minimum atomic E-state index is 0.0192. The topological polar surface area (TPSA) is 41.1 Å². The Morgan fingerprint density at radius 2 is 2.19 bits per heavy atom. The van der Waals surface area contributed by atoms with Crippen molar-refractivity contribution in [1.29, 1.82) is 0 Å². The van der Waals surface area contributed by atoms with Crippen molar-refractivity contribution < 1.29 is 4.79 Å². The molecule has 1 aliphatic rings. The zero-order valence-corrected chi connectivity index (χ0v) is 13.3. The first-order chi connectivity index (χ1) is 10.1. The lowest BCUT2D eigenvalue weighted by molar-refractivity contribution is -0.119. The molecule has 0 saturated carbocycles. The highest BCUT2D eigenvalue weighted by Crippen LogP contribution is 2.20. The van der Waals surface area contributed by atoms with E-state index in [9.17, 15) is 4.79 Å². The van der Waals surface area contributed by atoms with Gasteiger partial charge in [0.2, 0.25) is 5.91 Å². The number of anilines is 1. The Morgan fingerprint density at radius 1 is 1.33 bits per heavy atom. The molecule has 0 atom stereocenters. The van der Waals surface area contributed by atoms with Gasteiger partial charge in [0.25, 0.3) is 0 Å². The van der Waals surface area contributed by atoms with Gasteiger partial charge in [0.15, 0.2) is 0 Å². The molecule has 1 aromatic carbocycles. The summed E-state index contributed by atoms with van der Waals surface area (Å²) >= 11 is 5.95. The number of carbonyl (C=O) groups excluding carboxylic acids is 1. The Labute approximate surface area is 131 Å². The van der Waals surface area contributed by atoms with Crippen LogP contribution in [0.1, 0.15) is 37.7 Å². The molecule has 114 valence electrons. The molecule has 2 rings (SSSR count). The van der Waals surface area contributed by atoms with Gasteiger partial charge >= 0.3 is 0 Å². The first-order valence-corrected chi connectivity index (χ1v) is 7.97. The first-order valence-electron chi connectivity index (χ1n) is 7.60. The molecule has 21 heavy (non-hydrogen) atoms. The van der Waals surface area contributed by atoms with Crippen molar-refractivity contribution in [2.24, 2.45) is 0 Å². The van der Waals surface area contributed by atoms with E-state index in [-0.39, 0.29) is 12.5 Å². The van der Waals surface area contributed by atoms with Crippen molar-refractivity contribution in [3.05, 3.63) is 40.4 Å². The number of halogens is 1. The van der Waals surface area contributed by atoms with E-state index in [2.05, 4.69) is 16.7 Å². The molecule has 0 bridgehead atoms. The maximum atomic E-state index is 11.8. The van der Waals surface area contributed by atoms with E-state index in [0.717, 1.165) is 24.2 Å². The number of amides is 1. The summed E-state index contributed by atoms with van der Waals surface area (Å²) in [5.41, 5.74) is 3.48. The maximum absolute atomic E-state index is 11.8. The van der Waals surface area contributed by atoms with Crippen LogP contribution < -0.4 is 10.6 Å². The van der Waals surface area contributed by atoms with Crippen LogP contribution >= 0.6 is 11.6 Å². The summed E-state index contributed by atoms with van der Waals surface area (Å²) in [4.78, 5) is 11.8. The molecule has 4 heteroatoms. The molecule has 0 spiro atoms. The Balaban J connectivity index is 1.69. The zero-order valence-electron chi connectivity index (χ0n) is 12.5. The summed E-state index contributed by atoms with van der Waals surface area (Å²) in [6.07, 6.45) is 8.27. The van der Waals surface area contributed by atoms with Gasteiger partial charge in [-0.2, -0.15) is 0 Å². The van der Waals surface area contributed by atoms with Crippen molar-refractivity contribution in [1.82, 2.24) is 5.32 Å². The van der Waals surface area contributed by atoms with E-state index >= 15 is 0 Å². The van der Waals surface area contributed by atoms with Gasteiger partial charge in [-0.15, -0.1) is 0 Å². The monoisotopic (exact) mass is 306 g/mol. The molecule has 0 heterocycles. The van der Waals surface area contributed by atoms with Crippen molar-refractivity contribution in [2.75, 3.05) is 18.4 Å². The Kier molecular flexibility index (Phi) is 6.12. The first kappa shape index (κ1) is 15.9. The Bertz CT molecular complexity index is 526. The molecule has 0 saturated heterocycles. The predicted octanol–water partition coefficient (Wildman–Crippen LogP) is 4.07. The number of carbonyl (C=O) groups is 1. The van der Waals surface area contributed by atoms with Gasteiger partial charge in [0.05, 0.1) is 6.54 Å². The highest BCUT2D eigenvalue weighted by molar-refractivity contribution is 6.30. The number of hydrogen-bond donors (Lipinski definition) is 2. The quantitative estimate of drug-likeness (QED) is 0.778. The van der Waals surface area contributed by atoms with E-state index in [4.69, 9.17) is 11.6 Å². The van der Waals surface area contributed by atoms with Crippen LogP contribution in [0.15, 0.2) is 29.8 Å². The van der Waals surface area contributed by atoms with Gasteiger partial charge in [-0.05, 0) is 56.7 Å². The Morgan fingerprint density at radius 3 is 2.95 bits per heavy atom. The second-order valence-electron chi connectivity index (χ2n) is 5.52. The molecule has 0 radical (unpaired) electrons. The van der Waals surface area contributed by atoms with Gasteiger partial charge in [0, 0.05) is 17.3 Å². The fraction of sp³-hybridized carbons (Fsp3) is 0.471. The van der Waals surface area contributed by atoms with E-state index in [1.165, 1.54) is 31.3 Å². The van der Waals surface area contributed by atoms with Crippen LogP contribution in [0.5, 0.6) is 0 Å². The molecule has 0 fully saturated rings. The number of nitrogens with one attached hydrogen (secondary N) is 2. The minimum Gasteiger partial charge on any atom is -0.376 e. The maximum Gasteiger partial charge on any atom is 0.239 e. The Hall–Kier alpha value is -1.48. The van der Waals surface area contributed by atoms with Crippen LogP contribution in [-0.2, 0) is 4.79 Å². The predicted molar refractivity (Wildman–Crippen MR) is 88.9 cm³/mol.